The van der Waals surface area contributed by atoms with Crippen LogP contribution in [0.2, 0.25) is 0 Å². The van der Waals surface area contributed by atoms with Crippen LogP contribution >= 0.6 is 43.6 Å². The summed E-state index contributed by atoms with van der Waals surface area (Å²) in [6, 6.07) is 15.2. The molecule has 0 amide bonds. The van der Waals surface area contributed by atoms with Crippen molar-refractivity contribution < 1.29 is 4.79 Å². The van der Waals surface area contributed by atoms with Crippen LogP contribution in [-0.2, 0) is 6.54 Å². The number of carbonyl (C=O) groups is 1. The molecule has 0 atom stereocenters. The molecule has 132 valence electrons. The van der Waals surface area contributed by atoms with Gasteiger partial charge < -0.3 is 0 Å². The molecule has 0 aliphatic rings. The number of ketones is 1. The highest BCUT2D eigenvalue weighted by Crippen LogP contribution is 2.26. The van der Waals surface area contributed by atoms with Crippen LogP contribution in [0.4, 0.5) is 0 Å². The van der Waals surface area contributed by atoms with Crippen LogP contribution in [0, 0.1) is 0 Å². The normalized spacial score (nSPS) is 10.7. The Morgan fingerprint density at radius 2 is 1.65 bits per heavy atom. The average molecular weight is 493 g/mol. The Kier molecular flexibility index (Phi) is 6.45. The standard InChI is InChI=1S/C19H15Br2N3OS/c1-2-11-24-18(14-5-9-16(21)10-6-14)22-23-19(24)26-12-17(25)13-3-7-15(20)8-4-13/h2-10H,1,11-12H2. The van der Waals surface area contributed by atoms with E-state index in [1.807, 2.05) is 53.1 Å². The van der Waals surface area contributed by atoms with Gasteiger partial charge in [-0.25, -0.2) is 0 Å². The van der Waals surface area contributed by atoms with E-state index in [0.29, 0.717) is 23.0 Å². The van der Waals surface area contributed by atoms with Crippen LogP contribution in [0.15, 0.2) is 75.3 Å². The molecule has 0 unspecified atom stereocenters. The Balaban J connectivity index is 1.79. The van der Waals surface area contributed by atoms with Gasteiger partial charge in [0.15, 0.2) is 16.8 Å². The second-order valence-electron chi connectivity index (χ2n) is 5.43. The van der Waals surface area contributed by atoms with Gasteiger partial charge >= 0.3 is 0 Å². The fourth-order valence-corrected chi connectivity index (χ4v) is 3.72. The summed E-state index contributed by atoms with van der Waals surface area (Å²) >= 11 is 8.20. The largest absolute Gasteiger partial charge is 0.298 e. The minimum atomic E-state index is 0.0563. The molecular formula is C19H15Br2N3OS. The number of hydrogen-bond donors (Lipinski definition) is 0. The lowest BCUT2D eigenvalue weighted by Gasteiger charge is -2.08. The maximum atomic E-state index is 12.4. The second-order valence-corrected chi connectivity index (χ2v) is 8.20. The van der Waals surface area contributed by atoms with Gasteiger partial charge in [-0.05, 0) is 24.3 Å². The van der Waals surface area contributed by atoms with Gasteiger partial charge in [0.05, 0.1) is 5.75 Å². The molecule has 1 aromatic heterocycles. The molecule has 0 aliphatic heterocycles. The number of Topliss-reactive ketones (excluding diaryl/α,β-unsaturated/α-hetero) is 1. The number of aromatic nitrogens is 3. The summed E-state index contributed by atoms with van der Waals surface area (Å²) in [7, 11) is 0. The quantitative estimate of drug-likeness (QED) is 0.243. The van der Waals surface area contributed by atoms with E-state index < -0.39 is 0 Å². The van der Waals surface area contributed by atoms with Crippen molar-refractivity contribution >= 4 is 49.4 Å². The fourth-order valence-electron chi connectivity index (χ4n) is 2.35. The zero-order chi connectivity index (χ0) is 18.5. The monoisotopic (exact) mass is 491 g/mol. The van der Waals surface area contributed by atoms with Crippen molar-refractivity contribution in [3.63, 3.8) is 0 Å². The van der Waals surface area contributed by atoms with E-state index in [1.165, 1.54) is 11.8 Å². The number of allylic oxidation sites excluding steroid dienone is 1. The number of rotatable bonds is 7. The van der Waals surface area contributed by atoms with Crippen LogP contribution in [0.5, 0.6) is 0 Å². The van der Waals surface area contributed by atoms with Gasteiger partial charge in [-0.2, -0.15) is 0 Å². The molecule has 0 saturated carbocycles. The van der Waals surface area contributed by atoms with E-state index in [1.54, 1.807) is 6.08 Å². The number of thioether (sulfide) groups is 1. The van der Waals surface area contributed by atoms with Crippen molar-refractivity contribution in [3.05, 3.63) is 75.7 Å². The Hall–Kier alpha value is -1.70. The van der Waals surface area contributed by atoms with E-state index in [-0.39, 0.29) is 5.78 Å². The zero-order valence-corrected chi connectivity index (χ0v) is 17.7. The zero-order valence-electron chi connectivity index (χ0n) is 13.7. The molecular weight excluding hydrogens is 478 g/mol. The number of halogens is 2. The van der Waals surface area contributed by atoms with E-state index in [4.69, 9.17) is 0 Å². The van der Waals surface area contributed by atoms with Crippen LogP contribution in [-0.4, -0.2) is 26.3 Å². The van der Waals surface area contributed by atoms with Crippen molar-refractivity contribution in [1.29, 1.82) is 0 Å². The van der Waals surface area contributed by atoms with Crippen molar-refractivity contribution in [1.82, 2.24) is 14.8 Å². The molecule has 0 aliphatic carbocycles. The van der Waals surface area contributed by atoms with E-state index in [2.05, 4.69) is 48.6 Å². The highest BCUT2D eigenvalue weighted by atomic mass is 79.9. The van der Waals surface area contributed by atoms with Crippen LogP contribution < -0.4 is 0 Å². The van der Waals surface area contributed by atoms with E-state index in [0.717, 1.165) is 20.3 Å². The molecule has 2 aromatic carbocycles. The molecule has 1 heterocycles. The molecule has 3 aromatic rings. The van der Waals surface area contributed by atoms with Gasteiger partial charge in [0.25, 0.3) is 0 Å². The molecule has 0 bridgehead atoms. The topological polar surface area (TPSA) is 47.8 Å². The summed E-state index contributed by atoms with van der Waals surface area (Å²) in [6.07, 6.45) is 1.80. The van der Waals surface area contributed by atoms with Crippen molar-refractivity contribution in [2.75, 3.05) is 5.75 Å². The van der Waals surface area contributed by atoms with Gasteiger partial charge in [0, 0.05) is 26.6 Å². The average Bonchev–Trinajstić information content (AvgIpc) is 3.04. The Morgan fingerprint density at radius 1 is 1.04 bits per heavy atom. The molecule has 0 spiro atoms. The van der Waals surface area contributed by atoms with Crippen LogP contribution in [0.1, 0.15) is 10.4 Å². The summed E-state index contributed by atoms with van der Waals surface area (Å²) < 4.78 is 3.92. The van der Waals surface area contributed by atoms with Crippen molar-refractivity contribution in [3.8, 4) is 11.4 Å². The van der Waals surface area contributed by atoms with Gasteiger partial charge in [-0.15, -0.1) is 16.8 Å². The van der Waals surface area contributed by atoms with Crippen LogP contribution in [0.3, 0.4) is 0 Å². The third-order valence-corrected chi connectivity index (χ3v) is 5.65. The summed E-state index contributed by atoms with van der Waals surface area (Å²) in [5.74, 6) is 1.12. The predicted octanol–water partition coefficient (Wildman–Crippen LogP) is 5.63. The molecule has 4 nitrogen and oxygen atoms in total. The molecule has 0 fully saturated rings. The van der Waals surface area contributed by atoms with Crippen molar-refractivity contribution in [2.24, 2.45) is 0 Å². The maximum Gasteiger partial charge on any atom is 0.192 e. The Labute approximate surface area is 173 Å². The minimum Gasteiger partial charge on any atom is -0.298 e. The molecule has 3 rings (SSSR count). The summed E-state index contributed by atoms with van der Waals surface area (Å²) in [6.45, 7) is 4.39. The smallest absolute Gasteiger partial charge is 0.192 e. The van der Waals surface area contributed by atoms with Gasteiger partial charge in [-0.1, -0.05) is 74.0 Å². The fraction of sp³-hybridized carbons (Fsp3) is 0.105. The first-order valence-electron chi connectivity index (χ1n) is 7.80. The molecule has 7 heteroatoms. The lowest BCUT2D eigenvalue weighted by Crippen LogP contribution is -2.05. The summed E-state index contributed by atoms with van der Waals surface area (Å²) in [5, 5.41) is 9.28. The third-order valence-electron chi connectivity index (χ3n) is 3.63. The minimum absolute atomic E-state index is 0.0563. The lowest BCUT2D eigenvalue weighted by molar-refractivity contribution is 0.102. The first-order valence-corrected chi connectivity index (χ1v) is 10.4. The highest BCUT2D eigenvalue weighted by molar-refractivity contribution is 9.10. The van der Waals surface area contributed by atoms with Crippen LogP contribution in [0.25, 0.3) is 11.4 Å². The molecule has 0 N–H and O–H groups in total. The van der Waals surface area contributed by atoms with Gasteiger partial charge in [-0.3, -0.25) is 9.36 Å². The lowest BCUT2D eigenvalue weighted by atomic mass is 10.2. The molecule has 0 saturated heterocycles. The Morgan fingerprint density at radius 3 is 2.27 bits per heavy atom. The first-order chi connectivity index (χ1) is 12.6. The molecule has 26 heavy (non-hydrogen) atoms. The number of hydrogen-bond acceptors (Lipinski definition) is 4. The second kappa shape index (κ2) is 8.79. The van der Waals surface area contributed by atoms with E-state index in [9.17, 15) is 4.79 Å². The number of carbonyl (C=O) groups excluding carboxylic acids is 1. The van der Waals surface area contributed by atoms with Gasteiger partial charge in [0.2, 0.25) is 0 Å². The highest BCUT2D eigenvalue weighted by Gasteiger charge is 2.15. The Bertz CT molecular complexity index is 921. The predicted molar refractivity (Wildman–Crippen MR) is 113 cm³/mol. The SMILES string of the molecule is C=CCn1c(SCC(=O)c2ccc(Br)cc2)nnc1-c1ccc(Br)cc1. The summed E-state index contributed by atoms with van der Waals surface area (Å²) in [5.41, 5.74) is 1.65. The van der Waals surface area contributed by atoms with Crippen molar-refractivity contribution in [2.45, 2.75) is 11.7 Å². The van der Waals surface area contributed by atoms with E-state index >= 15 is 0 Å². The summed E-state index contributed by atoms with van der Waals surface area (Å²) in [4.78, 5) is 12.4. The number of benzene rings is 2. The van der Waals surface area contributed by atoms with Gasteiger partial charge in [0.1, 0.15) is 0 Å². The molecule has 0 radical (unpaired) electrons. The first kappa shape index (κ1) is 19.1. The third kappa shape index (κ3) is 4.52. The number of nitrogens with zero attached hydrogens (tertiary/aromatic N) is 3. The maximum absolute atomic E-state index is 12.4.